The highest BCUT2D eigenvalue weighted by molar-refractivity contribution is 6.01. The molecule has 1 aliphatic rings. The van der Waals surface area contributed by atoms with Crippen molar-refractivity contribution in [3.8, 4) is 11.4 Å². The average molecular weight is 297 g/mol. The van der Waals surface area contributed by atoms with E-state index in [1.54, 1.807) is 4.57 Å². The summed E-state index contributed by atoms with van der Waals surface area (Å²) in [5.74, 6) is -0.312. The third kappa shape index (κ3) is 2.34. The van der Waals surface area contributed by atoms with Crippen LogP contribution in [0.1, 0.15) is 41.9 Å². The maximum Gasteiger partial charge on any atom is 0.259 e. The molecule has 1 aliphatic carbocycles. The zero-order valence-corrected chi connectivity index (χ0v) is 13.0. The van der Waals surface area contributed by atoms with Gasteiger partial charge < -0.3 is 5.11 Å². The summed E-state index contributed by atoms with van der Waals surface area (Å²) < 4.78 is 1.55. The third-order valence-corrected chi connectivity index (χ3v) is 4.15. The lowest BCUT2D eigenvalue weighted by atomic mass is 9.75. The first-order valence-corrected chi connectivity index (χ1v) is 7.37. The number of hydrogen-bond donors (Lipinski definition) is 1. The quantitative estimate of drug-likeness (QED) is 0.880. The number of ketones is 1. The van der Waals surface area contributed by atoms with Crippen molar-refractivity contribution < 1.29 is 9.90 Å². The number of fused-ring (bicyclic) bond motifs is 1. The van der Waals surface area contributed by atoms with E-state index < -0.39 is 0 Å². The van der Waals surface area contributed by atoms with E-state index in [2.05, 4.69) is 0 Å². The molecule has 0 saturated carbocycles. The van der Waals surface area contributed by atoms with Gasteiger partial charge in [-0.15, -0.1) is 0 Å². The van der Waals surface area contributed by atoms with E-state index in [0.717, 1.165) is 17.3 Å². The highest BCUT2D eigenvalue weighted by Crippen LogP contribution is 2.38. The lowest BCUT2D eigenvalue weighted by Gasteiger charge is -2.32. The maximum atomic E-state index is 12.4. The Labute approximate surface area is 129 Å². The first kappa shape index (κ1) is 14.6. The van der Waals surface area contributed by atoms with Gasteiger partial charge in [-0.25, -0.2) is 0 Å². The normalized spacial score (nSPS) is 16.4. The van der Waals surface area contributed by atoms with Crippen molar-refractivity contribution >= 4 is 5.78 Å². The number of rotatable bonds is 1. The molecule has 0 unspecified atom stereocenters. The van der Waals surface area contributed by atoms with E-state index >= 15 is 0 Å². The summed E-state index contributed by atoms with van der Waals surface area (Å²) in [4.78, 5) is 24.8. The zero-order chi connectivity index (χ0) is 16.1. The van der Waals surface area contributed by atoms with Crippen LogP contribution in [0.5, 0.6) is 5.75 Å². The summed E-state index contributed by atoms with van der Waals surface area (Å²) in [5.41, 5.74) is 2.18. The largest absolute Gasteiger partial charge is 0.507 e. The van der Waals surface area contributed by atoms with Crippen LogP contribution in [0, 0.1) is 12.3 Å². The molecule has 0 atom stereocenters. The van der Waals surface area contributed by atoms with Gasteiger partial charge >= 0.3 is 0 Å². The van der Waals surface area contributed by atoms with E-state index in [1.165, 1.54) is 0 Å². The van der Waals surface area contributed by atoms with E-state index in [9.17, 15) is 14.7 Å². The molecule has 0 amide bonds. The summed E-state index contributed by atoms with van der Waals surface area (Å²) in [7, 11) is 0. The lowest BCUT2D eigenvalue weighted by molar-refractivity contribution is 0.0905. The van der Waals surface area contributed by atoms with Gasteiger partial charge in [0.15, 0.2) is 5.78 Å². The minimum absolute atomic E-state index is 0.107. The van der Waals surface area contributed by atoms with Crippen molar-refractivity contribution in [2.75, 3.05) is 0 Å². The second kappa shape index (κ2) is 4.83. The van der Waals surface area contributed by atoms with Crippen LogP contribution in [-0.2, 0) is 6.42 Å². The highest BCUT2D eigenvalue weighted by atomic mass is 16.3. The Bertz CT molecular complexity index is 813. The van der Waals surface area contributed by atoms with Crippen molar-refractivity contribution in [1.82, 2.24) is 4.57 Å². The SMILES string of the molecule is Cc1ccc(-n2c3c(c(O)cc2=O)C(=O)CC(C)(C)C3)cc1. The summed E-state index contributed by atoms with van der Waals surface area (Å²) in [6.45, 7) is 5.98. The Morgan fingerprint density at radius 1 is 1.09 bits per heavy atom. The van der Waals surface area contributed by atoms with Crippen LogP contribution < -0.4 is 5.56 Å². The molecule has 1 N–H and O–H groups in total. The number of carbonyl (C=O) groups is 1. The Balaban J connectivity index is 2.32. The van der Waals surface area contributed by atoms with Gasteiger partial charge in [0, 0.05) is 23.9 Å². The van der Waals surface area contributed by atoms with Crippen molar-refractivity contribution in [2.45, 2.75) is 33.6 Å². The Morgan fingerprint density at radius 2 is 1.73 bits per heavy atom. The Morgan fingerprint density at radius 3 is 2.36 bits per heavy atom. The van der Waals surface area contributed by atoms with Crippen LogP contribution >= 0.6 is 0 Å². The highest BCUT2D eigenvalue weighted by Gasteiger charge is 2.35. The van der Waals surface area contributed by atoms with Crippen LogP contribution in [0.25, 0.3) is 5.69 Å². The Hall–Kier alpha value is -2.36. The molecule has 0 aliphatic heterocycles. The standard InChI is InChI=1S/C18H19NO3/c1-11-4-6-12(7-5-11)19-13-9-18(2,3)10-15(21)17(13)14(20)8-16(19)22/h4-8,20H,9-10H2,1-3H3. The molecule has 4 nitrogen and oxygen atoms in total. The van der Waals surface area contributed by atoms with Gasteiger partial charge in [-0.3, -0.25) is 14.2 Å². The first-order chi connectivity index (χ1) is 10.3. The molecule has 0 radical (unpaired) electrons. The second-order valence-corrected chi connectivity index (χ2v) is 6.80. The molecule has 22 heavy (non-hydrogen) atoms. The molecule has 1 aromatic heterocycles. The average Bonchev–Trinajstić information content (AvgIpc) is 2.38. The lowest BCUT2D eigenvalue weighted by Crippen LogP contribution is -2.34. The van der Waals surface area contributed by atoms with Crippen LogP contribution in [-0.4, -0.2) is 15.5 Å². The topological polar surface area (TPSA) is 59.3 Å². The number of benzene rings is 1. The van der Waals surface area contributed by atoms with Gasteiger partial charge in [0.25, 0.3) is 5.56 Å². The molecule has 0 fully saturated rings. The predicted molar refractivity (Wildman–Crippen MR) is 84.9 cm³/mol. The molecule has 0 saturated heterocycles. The van der Waals surface area contributed by atoms with Crippen LogP contribution in [0.15, 0.2) is 35.1 Å². The number of aromatic hydroxyl groups is 1. The first-order valence-electron chi connectivity index (χ1n) is 7.37. The van der Waals surface area contributed by atoms with Crippen LogP contribution in [0.4, 0.5) is 0 Å². The van der Waals surface area contributed by atoms with Gasteiger partial charge in [-0.2, -0.15) is 0 Å². The van der Waals surface area contributed by atoms with Crippen LogP contribution in [0.3, 0.4) is 0 Å². The second-order valence-electron chi connectivity index (χ2n) is 6.80. The van der Waals surface area contributed by atoms with Crippen molar-refractivity contribution in [3.05, 3.63) is 57.5 Å². The van der Waals surface area contributed by atoms with Gasteiger partial charge in [0.1, 0.15) is 5.75 Å². The molecule has 4 heteroatoms. The molecular formula is C18H19NO3. The third-order valence-electron chi connectivity index (χ3n) is 4.15. The summed E-state index contributed by atoms with van der Waals surface area (Å²) in [5, 5.41) is 10.1. The molecule has 0 spiro atoms. The van der Waals surface area contributed by atoms with E-state index in [-0.39, 0.29) is 22.5 Å². The Kier molecular flexibility index (Phi) is 3.20. The number of carbonyl (C=O) groups excluding carboxylic acids is 1. The summed E-state index contributed by atoms with van der Waals surface area (Å²) in [6.07, 6.45) is 0.950. The molecule has 0 bridgehead atoms. The number of pyridine rings is 1. The summed E-state index contributed by atoms with van der Waals surface area (Å²) in [6, 6.07) is 8.71. The minimum Gasteiger partial charge on any atom is -0.507 e. The predicted octanol–water partition coefficient (Wildman–Crippen LogP) is 3.01. The molecule has 3 rings (SSSR count). The maximum absolute atomic E-state index is 12.4. The molecule has 1 aromatic carbocycles. The number of nitrogens with zero attached hydrogens (tertiary/aromatic N) is 1. The van der Waals surface area contributed by atoms with Crippen LogP contribution in [0.2, 0.25) is 0 Å². The van der Waals surface area contributed by atoms with E-state index in [1.807, 2.05) is 45.0 Å². The molecule has 1 heterocycles. The van der Waals surface area contributed by atoms with E-state index in [0.29, 0.717) is 24.1 Å². The number of aryl methyl sites for hydroxylation is 1. The van der Waals surface area contributed by atoms with Gasteiger partial charge in [0.05, 0.1) is 5.56 Å². The van der Waals surface area contributed by atoms with Crippen molar-refractivity contribution in [1.29, 1.82) is 0 Å². The fraction of sp³-hybridized carbons (Fsp3) is 0.333. The van der Waals surface area contributed by atoms with Crippen molar-refractivity contribution in [3.63, 3.8) is 0 Å². The summed E-state index contributed by atoms with van der Waals surface area (Å²) >= 11 is 0. The van der Waals surface area contributed by atoms with Gasteiger partial charge in [-0.1, -0.05) is 31.5 Å². The zero-order valence-electron chi connectivity index (χ0n) is 13.0. The smallest absolute Gasteiger partial charge is 0.259 e. The molecular weight excluding hydrogens is 278 g/mol. The number of hydrogen-bond acceptors (Lipinski definition) is 3. The number of aromatic nitrogens is 1. The molecule has 114 valence electrons. The molecule has 2 aromatic rings. The van der Waals surface area contributed by atoms with Gasteiger partial charge in [-0.05, 0) is 30.9 Å². The number of Topliss-reactive ketones (excluding diaryl/α,β-unsaturated/α-hetero) is 1. The monoisotopic (exact) mass is 297 g/mol. The fourth-order valence-corrected chi connectivity index (χ4v) is 3.13. The van der Waals surface area contributed by atoms with Crippen molar-refractivity contribution in [2.24, 2.45) is 5.41 Å². The van der Waals surface area contributed by atoms with Gasteiger partial charge in [0.2, 0.25) is 0 Å². The minimum atomic E-state index is -0.314. The fourth-order valence-electron chi connectivity index (χ4n) is 3.13. The van der Waals surface area contributed by atoms with E-state index in [4.69, 9.17) is 0 Å².